The number of ether oxygens (including phenoxy) is 1. The maximum Gasteiger partial charge on any atom is 0.228 e. The Hall–Kier alpha value is -0.980. The number of thiazole rings is 1. The summed E-state index contributed by atoms with van der Waals surface area (Å²) in [5, 5.41) is 3.25. The minimum absolute atomic E-state index is 0.111. The van der Waals surface area contributed by atoms with Crippen molar-refractivity contribution in [1.29, 1.82) is 0 Å². The van der Waals surface area contributed by atoms with Gasteiger partial charge in [-0.05, 0) is 32.2 Å². The number of hydrogen-bond donors (Lipinski definition) is 0. The quantitative estimate of drug-likeness (QED) is 0.847. The van der Waals surface area contributed by atoms with Gasteiger partial charge in [0.1, 0.15) is 5.01 Å². The molecule has 2 atom stereocenters. The fourth-order valence-electron chi connectivity index (χ4n) is 4.41. The molecule has 6 heteroatoms. The first-order valence-corrected chi connectivity index (χ1v) is 9.59. The molecule has 3 saturated heterocycles. The van der Waals surface area contributed by atoms with Crippen LogP contribution in [0.5, 0.6) is 0 Å². The molecule has 0 saturated carbocycles. The molecule has 0 aliphatic carbocycles. The molecule has 0 bridgehead atoms. The van der Waals surface area contributed by atoms with Crippen LogP contribution in [0, 0.1) is 11.3 Å². The second-order valence-corrected chi connectivity index (χ2v) is 8.29. The Kier molecular flexibility index (Phi) is 4.39. The molecule has 126 valence electrons. The number of aromatic nitrogens is 1. The number of carbonyl (C=O) groups is 1. The first-order chi connectivity index (χ1) is 11.2. The zero-order valence-electron chi connectivity index (χ0n) is 13.6. The van der Waals surface area contributed by atoms with E-state index in [0.29, 0.717) is 17.9 Å². The predicted molar refractivity (Wildman–Crippen MR) is 89.2 cm³/mol. The molecule has 23 heavy (non-hydrogen) atoms. The largest absolute Gasteiger partial charge is 0.381 e. The highest BCUT2D eigenvalue weighted by Gasteiger charge is 2.44. The lowest BCUT2D eigenvalue weighted by molar-refractivity contribution is -0.135. The van der Waals surface area contributed by atoms with E-state index in [1.54, 1.807) is 11.3 Å². The average Bonchev–Trinajstić information content (AvgIpc) is 3.28. The first kappa shape index (κ1) is 15.5. The molecule has 3 fully saturated rings. The molecule has 0 unspecified atom stereocenters. The number of carbonyl (C=O) groups excluding carboxylic acids is 1. The van der Waals surface area contributed by atoms with E-state index >= 15 is 0 Å². The third-order valence-corrected chi connectivity index (χ3v) is 6.38. The van der Waals surface area contributed by atoms with E-state index in [1.807, 2.05) is 6.20 Å². The molecule has 1 amide bonds. The maximum atomic E-state index is 12.6. The molecular weight excluding hydrogens is 310 g/mol. The molecule has 0 aromatic carbocycles. The molecule has 3 aliphatic heterocycles. The summed E-state index contributed by atoms with van der Waals surface area (Å²) in [5.41, 5.74) is 0.310. The van der Waals surface area contributed by atoms with Gasteiger partial charge < -0.3 is 9.64 Å². The molecule has 0 N–H and O–H groups in total. The monoisotopic (exact) mass is 335 g/mol. The standard InChI is InChI=1S/C17H25N3O2S/c21-16(14-2-8-22-11-14)20-7-4-17(13-20)3-1-6-19(12-17)10-15-18-5-9-23-15/h5,9,14H,1-4,6-8,10-13H2/t14-,17+/m0/s1. The number of rotatable bonds is 3. The van der Waals surface area contributed by atoms with Crippen LogP contribution in [0.4, 0.5) is 0 Å². The lowest BCUT2D eigenvalue weighted by Gasteiger charge is -2.40. The maximum absolute atomic E-state index is 12.6. The summed E-state index contributed by atoms with van der Waals surface area (Å²) >= 11 is 1.74. The van der Waals surface area contributed by atoms with Crippen molar-refractivity contribution in [3.05, 3.63) is 16.6 Å². The SMILES string of the molecule is O=C([C@H]1CCOC1)N1CC[C@@]2(CCCN(Cc3nccs3)C2)C1. The van der Waals surface area contributed by atoms with E-state index in [-0.39, 0.29) is 5.92 Å². The van der Waals surface area contributed by atoms with E-state index in [2.05, 4.69) is 20.2 Å². The highest BCUT2D eigenvalue weighted by Crippen LogP contribution is 2.40. The summed E-state index contributed by atoms with van der Waals surface area (Å²) in [4.78, 5) is 21.7. The highest BCUT2D eigenvalue weighted by molar-refractivity contribution is 7.09. The van der Waals surface area contributed by atoms with Crippen LogP contribution in [0.25, 0.3) is 0 Å². The highest BCUT2D eigenvalue weighted by atomic mass is 32.1. The third-order valence-electron chi connectivity index (χ3n) is 5.61. The van der Waals surface area contributed by atoms with Crippen molar-refractivity contribution in [3.63, 3.8) is 0 Å². The summed E-state index contributed by atoms with van der Waals surface area (Å²) in [6, 6.07) is 0. The molecule has 4 heterocycles. The number of piperidine rings is 1. The summed E-state index contributed by atoms with van der Waals surface area (Å²) in [6.45, 7) is 6.47. The second kappa shape index (κ2) is 6.49. The van der Waals surface area contributed by atoms with E-state index < -0.39 is 0 Å². The van der Waals surface area contributed by atoms with Gasteiger partial charge in [0, 0.05) is 43.2 Å². The topological polar surface area (TPSA) is 45.7 Å². The van der Waals surface area contributed by atoms with Crippen molar-refractivity contribution in [3.8, 4) is 0 Å². The van der Waals surface area contributed by atoms with E-state index in [9.17, 15) is 4.79 Å². The van der Waals surface area contributed by atoms with Gasteiger partial charge >= 0.3 is 0 Å². The van der Waals surface area contributed by atoms with E-state index in [1.165, 1.54) is 17.8 Å². The van der Waals surface area contributed by atoms with Crippen molar-refractivity contribution < 1.29 is 9.53 Å². The predicted octanol–water partition coefficient (Wildman–Crippen LogP) is 1.99. The lowest BCUT2D eigenvalue weighted by Crippen LogP contribution is -2.45. The zero-order chi connectivity index (χ0) is 15.7. The number of amides is 1. The van der Waals surface area contributed by atoms with Crippen LogP contribution >= 0.6 is 11.3 Å². The van der Waals surface area contributed by atoms with Crippen LogP contribution in [0.1, 0.15) is 30.7 Å². The van der Waals surface area contributed by atoms with E-state index in [4.69, 9.17) is 4.74 Å². The van der Waals surface area contributed by atoms with Crippen molar-refractivity contribution in [1.82, 2.24) is 14.8 Å². The van der Waals surface area contributed by atoms with Crippen LogP contribution in [-0.2, 0) is 16.1 Å². The van der Waals surface area contributed by atoms with Gasteiger partial charge in [-0.1, -0.05) is 0 Å². The molecule has 1 spiro atoms. The van der Waals surface area contributed by atoms with Gasteiger partial charge in [0.25, 0.3) is 0 Å². The van der Waals surface area contributed by atoms with Crippen LogP contribution in [0.2, 0.25) is 0 Å². The normalized spacial score (nSPS) is 32.0. The van der Waals surface area contributed by atoms with Gasteiger partial charge in [0.15, 0.2) is 0 Å². The van der Waals surface area contributed by atoms with Crippen LogP contribution < -0.4 is 0 Å². The number of likely N-dealkylation sites (tertiary alicyclic amines) is 2. The van der Waals surface area contributed by atoms with E-state index in [0.717, 1.165) is 52.2 Å². The van der Waals surface area contributed by atoms with Crippen LogP contribution in [-0.4, -0.2) is 60.1 Å². The Morgan fingerprint density at radius 2 is 2.35 bits per heavy atom. The fourth-order valence-corrected chi connectivity index (χ4v) is 5.07. The summed E-state index contributed by atoms with van der Waals surface area (Å²) in [7, 11) is 0. The minimum Gasteiger partial charge on any atom is -0.381 e. The molecule has 4 rings (SSSR count). The Balaban J connectivity index is 1.37. The van der Waals surface area contributed by atoms with Gasteiger partial charge in [-0.25, -0.2) is 4.98 Å². The first-order valence-electron chi connectivity index (χ1n) is 8.71. The Morgan fingerprint density at radius 1 is 1.39 bits per heavy atom. The molecule has 0 radical (unpaired) electrons. The van der Waals surface area contributed by atoms with Crippen molar-refractivity contribution in [2.75, 3.05) is 39.4 Å². The molecule has 5 nitrogen and oxygen atoms in total. The zero-order valence-corrected chi connectivity index (χ0v) is 14.4. The number of hydrogen-bond acceptors (Lipinski definition) is 5. The average molecular weight is 335 g/mol. The summed E-state index contributed by atoms with van der Waals surface area (Å²) in [5.74, 6) is 0.441. The molecule has 1 aromatic heterocycles. The third kappa shape index (κ3) is 3.30. The summed E-state index contributed by atoms with van der Waals surface area (Å²) < 4.78 is 5.39. The molecular formula is C17H25N3O2S. The Labute approximate surface area is 141 Å². The minimum atomic E-state index is 0.111. The van der Waals surface area contributed by atoms with Crippen molar-refractivity contribution in [2.24, 2.45) is 11.3 Å². The number of nitrogens with zero attached hydrogens (tertiary/aromatic N) is 3. The van der Waals surface area contributed by atoms with Crippen LogP contribution in [0.15, 0.2) is 11.6 Å². The second-order valence-electron chi connectivity index (χ2n) is 7.31. The molecule has 3 aliphatic rings. The Bertz CT molecular complexity index is 544. The smallest absolute Gasteiger partial charge is 0.228 e. The van der Waals surface area contributed by atoms with Crippen molar-refractivity contribution >= 4 is 17.2 Å². The summed E-state index contributed by atoms with van der Waals surface area (Å²) in [6.07, 6.45) is 6.44. The fraction of sp³-hybridized carbons (Fsp3) is 0.765. The van der Waals surface area contributed by atoms with Crippen LogP contribution in [0.3, 0.4) is 0 Å². The van der Waals surface area contributed by atoms with Gasteiger partial charge in [0.2, 0.25) is 5.91 Å². The van der Waals surface area contributed by atoms with Gasteiger partial charge in [-0.3, -0.25) is 9.69 Å². The lowest BCUT2D eigenvalue weighted by atomic mass is 9.79. The van der Waals surface area contributed by atoms with Gasteiger partial charge in [-0.15, -0.1) is 11.3 Å². The van der Waals surface area contributed by atoms with Gasteiger partial charge in [-0.2, -0.15) is 0 Å². The van der Waals surface area contributed by atoms with Crippen molar-refractivity contribution in [2.45, 2.75) is 32.2 Å². The molecule has 1 aromatic rings. The van der Waals surface area contributed by atoms with Gasteiger partial charge in [0.05, 0.1) is 19.1 Å². The Morgan fingerprint density at radius 3 is 3.13 bits per heavy atom.